The Morgan fingerprint density at radius 3 is 2.81 bits per heavy atom. The highest BCUT2D eigenvalue weighted by atomic mass is 35.5. The molecule has 2 aromatic carbocycles. The molecule has 0 N–H and O–H groups in total. The van der Waals surface area contributed by atoms with E-state index in [1.165, 1.54) is 6.08 Å². The molecule has 11 heteroatoms. The second-order valence-corrected chi connectivity index (χ2v) is 11.2. The van der Waals surface area contributed by atoms with Gasteiger partial charge in [0.25, 0.3) is 5.88 Å². The van der Waals surface area contributed by atoms with Crippen LogP contribution in [0.15, 0.2) is 49.1 Å². The standard InChI is InChI=1S/C31H33ClN6O4/c1-4-26(39)38-15-14-37(17-22(38)16-33-2)29-28-30(35-31(34-29)41-18-21-10-7-13-36(21)3)42-25(19-40-28)23-11-5-8-20-9-6-12-24(32)27(20)23/h4-6,8-9,11-12,21-22,25H,1,7,10,13-19H2,3H3/t21-,22-,25?/m0/s1. The molecule has 1 aromatic heterocycles. The normalized spacial score (nSPS) is 22.2. The SMILES string of the molecule is [C-]#[N+]C[C@H]1CN(c2nc(OC[C@@H]3CCCN3C)nc3c2OCC(c2cccc4cccc(Cl)c24)O3)CCN1C(=O)C=C. The zero-order valence-corrected chi connectivity index (χ0v) is 24.3. The summed E-state index contributed by atoms with van der Waals surface area (Å²) in [5, 5.41) is 2.57. The average molecular weight is 589 g/mol. The summed E-state index contributed by atoms with van der Waals surface area (Å²) in [5.41, 5.74) is 0.910. The molecular weight excluding hydrogens is 556 g/mol. The van der Waals surface area contributed by atoms with Crippen molar-refractivity contribution < 1.29 is 19.0 Å². The molecular formula is C31H33ClN6O4. The number of nitrogens with zero attached hydrogens (tertiary/aromatic N) is 6. The van der Waals surface area contributed by atoms with Gasteiger partial charge in [0, 0.05) is 41.6 Å². The van der Waals surface area contributed by atoms with Crippen LogP contribution in [0.1, 0.15) is 24.5 Å². The van der Waals surface area contributed by atoms with Gasteiger partial charge in [0.2, 0.25) is 18.2 Å². The number of anilines is 1. The number of benzene rings is 2. The number of carbonyl (C=O) groups excluding carboxylic acids is 1. The summed E-state index contributed by atoms with van der Waals surface area (Å²) in [6.45, 7) is 14.3. The van der Waals surface area contributed by atoms with Gasteiger partial charge >= 0.3 is 6.01 Å². The molecule has 3 aromatic rings. The Kier molecular flexibility index (Phi) is 8.05. The van der Waals surface area contributed by atoms with Crippen LogP contribution < -0.4 is 19.1 Å². The van der Waals surface area contributed by atoms with Crippen LogP contribution in [0.2, 0.25) is 5.02 Å². The van der Waals surface area contributed by atoms with E-state index >= 15 is 0 Å². The summed E-state index contributed by atoms with van der Waals surface area (Å²) >= 11 is 6.62. The van der Waals surface area contributed by atoms with E-state index in [4.69, 9.17) is 37.4 Å². The number of piperazine rings is 1. The minimum Gasteiger partial charge on any atom is -0.481 e. The Balaban J connectivity index is 1.34. The van der Waals surface area contributed by atoms with Gasteiger partial charge in [-0.1, -0.05) is 48.5 Å². The lowest BCUT2D eigenvalue weighted by atomic mass is 10.00. The van der Waals surface area contributed by atoms with Crippen molar-refractivity contribution in [1.82, 2.24) is 19.8 Å². The number of carbonyl (C=O) groups is 1. The van der Waals surface area contributed by atoms with Gasteiger partial charge in [-0.3, -0.25) is 4.79 Å². The van der Waals surface area contributed by atoms with Crippen LogP contribution in [0.3, 0.4) is 0 Å². The predicted octanol–water partition coefficient (Wildman–Crippen LogP) is 4.39. The fourth-order valence-electron chi connectivity index (χ4n) is 6.03. The zero-order chi connectivity index (χ0) is 29.2. The quantitative estimate of drug-likeness (QED) is 0.297. The number of hydrogen-bond donors (Lipinski definition) is 0. The van der Waals surface area contributed by atoms with Crippen molar-refractivity contribution in [3.63, 3.8) is 0 Å². The van der Waals surface area contributed by atoms with Crippen LogP contribution in [0.25, 0.3) is 15.6 Å². The van der Waals surface area contributed by atoms with E-state index in [-0.39, 0.29) is 37.2 Å². The fraction of sp³-hybridized carbons (Fsp3) is 0.419. The highest BCUT2D eigenvalue weighted by Crippen LogP contribution is 2.44. The maximum atomic E-state index is 12.5. The molecule has 0 saturated carbocycles. The number of rotatable bonds is 7. The first kappa shape index (κ1) is 28.1. The molecule has 10 nitrogen and oxygen atoms in total. The first-order valence-corrected chi connectivity index (χ1v) is 14.6. The third kappa shape index (κ3) is 5.42. The summed E-state index contributed by atoms with van der Waals surface area (Å²) in [6, 6.07) is 12.0. The maximum Gasteiger partial charge on any atom is 0.322 e. The van der Waals surface area contributed by atoms with E-state index < -0.39 is 6.10 Å². The number of likely N-dealkylation sites (N-methyl/N-ethyl adjacent to an activating group) is 1. The van der Waals surface area contributed by atoms with Crippen LogP contribution in [0.5, 0.6) is 17.6 Å². The smallest absolute Gasteiger partial charge is 0.322 e. The molecule has 3 aliphatic rings. The topological polar surface area (TPSA) is 84.6 Å². The molecule has 3 atom stereocenters. The van der Waals surface area contributed by atoms with E-state index in [0.29, 0.717) is 48.7 Å². The molecule has 2 saturated heterocycles. The minimum absolute atomic E-state index is 0.169. The highest BCUT2D eigenvalue weighted by molar-refractivity contribution is 6.35. The van der Waals surface area contributed by atoms with Crippen LogP contribution in [-0.4, -0.2) is 90.7 Å². The van der Waals surface area contributed by atoms with Gasteiger partial charge in [0.05, 0.1) is 0 Å². The summed E-state index contributed by atoms with van der Waals surface area (Å²) in [4.78, 5) is 31.5. The third-order valence-corrected chi connectivity index (χ3v) is 8.60. The monoisotopic (exact) mass is 588 g/mol. The lowest BCUT2D eigenvalue weighted by Crippen LogP contribution is -2.56. The number of fused-ring (bicyclic) bond motifs is 2. The molecule has 0 aliphatic carbocycles. The molecule has 1 unspecified atom stereocenters. The number of hydrogen-bond acceptors (Lipinski definition) is 8. The van der Waals surface area contributed by atoms with Crippen molar-refractivity contribution in [3.05, 3.63) is 71.1 Å². The summed E-state index contributed by atoms with van der Waals surface area (Å²) in [7, 11) is 2.10. The van der Waals surface area contributed by atoms with Gasteiger partial charge in [-0.25, -0.2) is 6.57 Å². The van der Waals surface area contributed by atoms with Crippen molar-refractivity contribution in [2.24, 2.45) is 0 Å². The molecule has 6 rings (SSSR count). The molecule has 0 spiro atoms. The molecule has 4 heterocycles. The first-order chi connectivity index (χ1) is 20.5. The fourth-order valence-corrected chi connectivity index (χ4v) is 6.33. The van der Waals surface area contributed by atoms with Crippen LogP contribution >= 0.6 is 11.6 Å². The second-order valence-electron chi connectivity index (χ2n) is 10.8. The summed E-state index contributed by atoms with van der Waals surface area (Å²) < 4.78 is 19.0. The van der Waals surface area contributed by atoms with E-state index in [2.05, 4.69) is 28.4 Å². The molecule has 42 heavy (non-hydrogen) atoms. The number of ether oxygens (including phenoxy) is 3. The Morgan fingerprint density at radius 1 is 1.21 bits per heavy atom. The van der Waals surface area contributed by atoms with Gasteiger partial charge in [0.1, 0.15) is 19.3 Å². The molecule has 2 fully saturated rings. The van der Waals surface area contributed by atoms with E-state index in [1.807, 2.05) is 41.3 Å². The largest absolute Gasteiger partial charge is 0.481 e. The van der Waals surface area contributed by atoms with Gasteiger partial charge in [-0.15, -0.1) is 0 Å². The second kappa shape index (κ2) is 12.0. The van der Waals surface area contributed by atoms with E-state index in [9.17, 15) is 4.79 Å². The number of aromatic nitrogens is 2. The Hall–Kier alpha value is -4.07. The number of halogens is 1. The van der Waals surface area contributed by atoms with Crippen molar-refractivity contribution in [1.29, 1.82) is 0 Å². The molecule has 218 valence electrons. The third-order valence-electron chi connectivity index (χ3n) is 8.28. The van der Waals surface area contributed by atoms with Gasteiger partial charge < -0.3 is 33.8 Å². The van der Waals surface area contributed by atoms with Gasteiger partial charge in [-0.05, 0) is 44.0 Å². The Labute approximate surface area is 250 Å². The highest BCUT2D eigenvalue weighted by Gasteiger charge is 2.37. The van der Waals surface area contributed by atoms with Crippen molar-refractivity contribution in [2.75, 3.05) is 57.9 Å². The zero-order valence-electron chi connectivity index (χ0n) is 23.5. The maximum absolute atomic E-state index is 12.5. The van der Waals surface area contributed by atoms with Crippen LogP contribution in [0, 0.1) is 6.57 Å². The lowest BCUT2D eigenvalue weighted by molar-refractivity contribution is -0.128. The first-order valence-electron chi connectivity index (χ1n) is 14.2. The molecule has 0 radical (unpaired) electrons. The predicted molar refractivity (Wildman–Crippen MR) is 160 cm³/mol. The number of likely N-dealkylation sites (tertiary alicyclic amines) is 1. The summed E-state index contributed by atoms with van der Waals surface area (Å²) in [6.07, 6.45) is 3.02. The van der Waals surface area contributed by atoms with Gasteiger partial charge in [0.15, 0.2) is 11.9 Å². The van der Waals surface area contributed by atoms with Crippen molar-refractivity contribution >= 4 is 34.1 Å². The van der Waals surface area contributed by atoms with Crippen molar-refractivity contribution in [3.8, 4) is 17.6 Å². The lowest BCUT2D eigenvalue weighted by Gasteiger charge is -2.40. The number of amides is 1. The Morgan fingerprint density at radius 2 is 2.05 bits per heavy atom. The summed E-state index contributed by atoms with van der Waals surface area (Å²) in [5.74, 6) is 1.06. The van der Waals surface area contributed by atoms with E-state index in [0.717, 1.165) is 35.7 Å². The molecule has 3 aliphatic heterocycles. The van der Waals surface area contributed by atoms with Crippen LogP contribution in [-0.2, 0) is 4.79 Å². The van der Waals surface area contributed by atoms with E-state index in [1.54, 1.807) is 4.90 Å². The minimum atomic E-state index is -0.449. The van der Waals surface area contributed by atoms with Crippen molar-refractivity contribution in [2.45, 2.75) is 31.0 Å². The average Bonchev–Trinajstić information content (AvgIpc) is 3.43. The molecule has 0 bridgehead atoms. The van der Waals surface area contributed by atoms with Crippen LogP contribution in [0.4, 0.5) is 5.82 Å². The molecule has 1 amide bonds. The van der Waals surface area contributed by atoms with Gasteiger partial charge in [-0.2, -0.15) is 9.97 Å². The Bertz CT molecular complexity index is 1540.